The Kier molecular flexibility index (Phi) is 9.32. The average Bonchev–Trinajstić information content (AvgIpc) is 2.04. The lowest BCUT2D eigenvalue weighted by Crippen LogP contribution is -1.91. The third-order valence-electron chi connectivity index (χ3n) is 0.559. The van der Waals surface area contributed by atoms with Crippen molar-refractivity contribution in [3.63, 3.8) is 0 Å². The second-order valence-corrected chi connectivity index (χ2v) is 1.62. The van der Waals surface area contributed by atoms with E-state index >= 15 is 0 Å². The second-order valence-electron chi connectivity index (χ2n) is 1.62. The summed E-state index contributed by atoms with van der Waals surface area (Å²) in [5.41, 5.74) is 0.560. The van der Waals surface area contributed by atoms with Gasteiger partial charge in [-0.15, -0.1) is 0 Å². The number of carbonyl (C=O) groups is 1. The lowest BCUT2D eigenvalue weighted by Gasteiger charge is -1.83. The van der Waals surface area contributed by atoms with Gasteiger partial charge in [-0.05, 0) is 6.92 Å². The summed E-state index contributed by atoms with van der Waals surface area (Å²) in [6, 6.07) is 1.83. The Bertz CT molecular complexity index is 189. The van der Waals surface area contributed by atoms with Gasteiger partial charge in [0.05, 0.1) is 13.2 Å². The molecule has 0 atom stereocenters. The van der Waals surface area contributed by atoms with Crippen molar-refractivity contribution in [2.24, 2.45) is 0 Å². The van der Waals surface area contributed by atoms with Crippen LogP contribution in [0, 0.1) is 11.3 Å². The van der Waals surface area contributed by atoms with Crippen molar-refractivity contribution in [1.29, 1.82) is 5.26 Å². The van der Waals surface area contributed by atoms with Gasteiger partial charge in [0.1, 0.15) is 0 Å². The zero-order valence-electron chi connectivity index (χ0n) is 6.76. The summed E-state index contributed by atoms with van der Waals surface area (Å²) < 4.78 is 4.14. The lowest BCUT2D eigenvalue weighted by molar-refractivity contribution is -0.134. The molecular formula is C8H11NO2. The van der Waals surface area contributed by atoms with Crippen LogP contribution in [0.15, 0.2) is 24.8 Å². The third kappa shape index (κ3) is 17.8. The van der Waals surface area contributed by atoms with E-state index in [0.717, 1.165) is 6.08 Å². The van der Waals surface area contributed by atoms with Crippen LogP contribution in [0.25, 0.3) is 0 Å². The molecule has 0 N–H and O–H groups in total. The predicted octanol–water partition coefficient (Wildman–Crippen LogP) is 1.43. The highest BCUT2D eigenvalue weighted by atomic mass is 16.5. The number of ether oxygens (including phenoxy) is 1. The lowest BCUT2D eigenvalue weighted by atomic mass is 10.4. The molecular weight excluding hydrogens is 142 g/mol. The van der Waals surface area contributed by atoms with Gasteiger partial charge < -0.3 is 4.74 Å². The summed E-state index contributed by atoms with van der Waals surface area (Å²) in [4.78, 5) is 9.84. The van der Waals surface area contributed by atoms with Crippen LogP contribution in [0.4, 0.5) is 0 Å². The Hall–Kier alpha value is -1.56. The molecule has 3 nitrogen and oxygen atoms in total. The van der Waals surface area contributed by atoms with Gasteiger partial charge in [0, 0.05) is 11.6 Å². The van der Waals surface area contributed by atoms with Crippen molar-refractivity contribution < 1.29 is 9.53 Å². The molecule has 0 heterocycles. The summed E-state index contributed by atoms with van der Waals surface area (Å²) in [7, 11) is 1.31. The topological polar surface area (TPSA) is 50.1 Å². The molecule has 0 fully saturated rings. The number of hydrogen-bond donors (Lipinski definition) is 0. The predicted molar refractivity (Wildman–Crippen MR) is 42.6 cm³/mol. The molecule has 11 heavy (non-hydrogen) atoms. The molecule has 3 heteroatoms. The fourth-order valence-corrected chi connectivity index (χ4v) is 0.0833. The molecule has 0 rings (SSSR count). The quantitative estimate of drug-likeness (QED) is 0.325. The number of carbonyl (C=O) groups excluding carboxylic acids is 1. The first-order chi connectivity index (χ1) is 5.08. The number of nitriles is 1. The first kappa shape index (κ1) is 12.1. The van der Waals surface area contributed by atoms with E-state index < -0.39 is 5.97 Å². The molecule has 0 aromatic carbocycles. The summed E-state index contributed by atoms with van der Waals surface area (Å²) in [5, 5.41) is 7.79. The van der Waals surface area contributed by atoms with Crippen molar-refractivity contribution in [2.75, 3.05) is 7.11 Å². The summed E-state index contributed by atoms with van der Waals surface area (Å²) >= 11 is 0. The third-order valence-corrected chi connectivity index (χ3v) is 0.559. The van der Waals surface area contributed by atoms with E-state index in [-0.39, 0.29) is 0 Å². The van der Waals surface area contributed by atoms with Gasteiger partial charge in [0.25, 0.3) is 0 Å². The van der Waals surface area contributed by atoms with Crippen molar-refractivity contribution in [1.82, 2.24) is 0 Å². The molecule has 0 aliphatic heterocycles. The van der Waals surface area contributed by atoms with E-state index in [2.05, 4.69) is 17.9 Å². The maximum Gasteiger partial charge on any atom is 0.329 e. The van der Waals surface area contributed by atoms with Gasteiger partial charge in [-0.1, -0.05) is 13.2 Å². The Morgan fingerprint density at radius 2 is 2.09 bits per heavy atom. The standard InChI is InChI=1S/C4H5N.C4H6O2/c1-4(2)3-5;1-3-4(5)6-2/h1H2,2H3;3H,1H2,2H3. The zero-order valence-corrected chi connectivity index (χ0v) is 6.76. The Morgan fingerprint density at radius 3 is 2.09 bits per heavy atom. The number of allylic oxidation sites excluding steroid dienone is 1. The maximum atomic E-state index is 9.84. The minimum Gasteiger partial charge on any atom is -0.466 e. The summed E-state index contributed by atoms with van der Waals surface area (Å²) in [6.07, 6.45) is 1.11. The van der Waals surface area contributed by atoms with E-state index in [9.17, 15) is 4.79 Å². The fourth-order valence-electron chi connectivity index (χ4n) is 0.0833. The van der Waals surface area contributed by atoms with Crippen molar-refractivity contribution in [3.8, 4) is 6.07 Å². The van der Waals surface area contributed by atoms with Crippen molar-refractivity contribution >= 4 is 5.97 Å². The number of esters is 1. The van der Waals surface area contributed by atoms with E-state index in [0.29, 0.717) is 5.57 Å². The first-order valence-corrected chi connectivity index (χ1v) is 2.84. The van der Waals surface area contributed by atoms with Gasteiger partial charge >= 0.3 is 5.97 Å². The van der Waals surface area contributed by atoms with Crippen LogP contribution in [0.2, 0.25) is 0 Å². The van der Waals surface area contributed by atoms with Gasteiger partial charge in [0.2, 0.25) is 0 Å². The SMILES string of the molecule is C=C(C)C#N.C=CC(=O)OC. The van der Waals surface area contributed by atoms with Crippen molar-refractivity contribution in [3.05, 3.63) is 24.8 Å². The normalized spacial score (nSPS) is 6.27. The van der Waals surface area contributed by atoms with E-state index in [1.54, 1.807) is 6.92 Å². The molecule has 0 saturated heterocycles. The molecule has 0 bridgehead atoms. The number of methoxy groups -OCH3 is 1. The number of nitrogens with zero attached hydrogens (tertiary/aromatic N) is 1. The smallest absolute Gasteiger partial charge is 0.329 e. The number of rotatable bonds is 1. The van der Waals surface area contributed by atoms with Crippen LogP contribution < -0.4 is 0 Å². The highest BCUT2D eigenvalue weighted by Gasteiger charge is 1.81. The number of hydrogen-bond acceptors (Lipinski definition) is 3. The largest absolute Gasteiger partial charge is 0.466 e. The van der Waals surface area contributed by atoms with Crippen LogP contribution in [0.3, 0.4) is 0 Å². The molecule has 0 amide bonds. The molecule has 0 aliphatic carbocycles. The van der Waals surface area contributed by atoms with Gasteiger partial charge in [-0.3, -0.25) is 0 Å². The first-order valence-electron chi connectivity index (χ1n) is 2.84. The van der Waals surface area contributed by atoms with Gasteiger partial charge in [-0.2, -0.15) is 5.26 Å². The summed E-state index contributed by atoms with van der Waals surface area (Å²) in [6.45, 7) is 8.14. The highest BCUT2D eigenvalue weighted by Crippen LogP contribution is 1.74. The molecule has 0 saturated carbocycles. The molecule has 0 aromatic rings. The molecule has 60 valence electrons. The Morgan fingerprint density at radius 1 is 1.73 bits per heavy atom. The Labute approximate surface area is 66.6 Å². The summed E-state index contributed by atoms with van der Waals surface area (Å²) in [5.74, 6) is -0.394. The van der Waals surface area contributed by atoms with E-state index in [4.69, 9.17) is 5.26 Å². The van der Waals surface area contributed by atoms with Gasteiger partial charge in [-0.25, -0.2) is 4.79 Å². The van der Waals surface area contributed by atoms with Crippen LogP contribution in [-0.2, 0) is 9.53 Å². The molecule has 0 aliphatic rings. The van der Waals surface area contributed by atoms with Crippen LogP contribution >= 0.6 is 0 Å². The Balaban J connectivity index is 0. The van der Waals surface area contributed by atoms with Crippen LogP contribution in [0.1, 0.15) is 6.92 Å². The fraction of sp³-hybridized carbons (Fsp3) is 0.250. The van der Waals surface area contributed by atoms with Gasteiger partial charge in [0.15, 0.2) is 0 Å². The van der Waals surface area contributed by atoms with E-state index in [1.165, 1.54) is 7.11 Å². The van der Waals surface area contributed by atoms with Crippen LogP contribution in [-0.4, -0.2) is 13.1 Å². The highest BCUT2D eigenvalue weighted by molar-refractivity contribution is 5.80. The average molecular weight is 153 g/mol. The minimum absolute atomic E-state index is 0.394. The molecule has 0 aromatic heterocycles. The van der Waals surface area contributed by atoms with E-state index in [1.807, 2.05) is 6.07 Å². The minimum atomic E-state index is -0.394. The van der Waals surface area contributed by atoms with Crippen molar-refractivity contribution in [2.45, 2.75) is 6.92 Å². The maximum absolute atomic E-state index is 9.84. The zero-order chi connectivity index (χ0) is 9.28. The second kappa shape index (κ2) is 8.44. The molecule has 0 radical (unpaired) electrons. The monoisotopic (exact) mass is 153 g/mol. The van der Waals surface area contributed by atoms with Crippen LogP contribution in [0.5, 0.6) is 0 Å². The molecule has 0 unspecified atom stereocenters. The molecule has 0 spiro atoms.